The van der Waals surface area contributed by atoms with Gasteiger partial charge < -0.3 is 10.6 Å². The number of anilines is 1. The summed E-state index contributed by atoms with van der Waals surface area (Å²) in [7, 11) is 0. The SMILES string of the molecule is CC1(CN)CCN(c2ncccc2Br)C1. The molecule has 0 spiro atoms. The molecule has 2 rings (SSSR count). The first-order valence-electron chi connectivity index (χ1n) is 5.20. The van der Waals surface area contributed by atoms with Gasteiger partial charge in [0.15, 0.2) is 0 Å². The molecule has 1 saturated heterocycles. The topological polar surface area (TPSA) is 42.1 Å². The lowest BCUT2D eigenvalue weighted by molar-refractivity contribution is 0.383. The van der Waals surface area contributed by atoms with Gasteiger partial charge in [-0.3, -0.25) is 0 Å². The smallest absolute Gasteiger partial charge is 0.142 e. The van der Waals surface area contributed by atoms with E-state index in [4.69, 9.17) is 5.73 Å². The standard InChI is InChI=1S/C11H16BrN3/c1-11(7-13)4-6-15(8-11)10-9(12)3-2-5-14-10/h2-3,5H,4,6-8,13H2,1H3. The van der Waals surface area contributed by atoms with Gasteiger partial charge in [-0.1, -0.05) is 6.92 Å². The third kappa shape index (κ3) is 2.16. The van der Waals surface area contributed by atoms with E-state index in [9.17, 15) is 0 Å². The summed E-state index contributed by atoms with van der Waals surface area (Å²) in [6.07, 6.45) is 2.98. The summed E-state index contributed by atoms with van der Waals surface area (Å²) < 4.78 is 1.06. The molecule has 0 amide bonds. The summed E-state index contributed by atoms with van der Waals surface area (Å²) in [6.45, 7) is 5.03. The van der Waals surface area contributed by atoms with Gasteiger partial charge in [0.2, 0.25) is 0 Å². The molecule has 1 unspecified atom stereocenters. The maximum Gasteiger partial charge on any atom is 0.142 e. The van der Waals surface area contributed by atoms with E-state index < -0.39 is 0 Å². The third-order valence-corrected chi connectivity index (χ3v) is 3.71. The van der Waals surface area contributed by atoms with Gasteiger partial charge in [-0.2, -0.15) is 0 Å². The fourth-order valence-electron chi connectivity index (χ4n) is 1.98. The minimum atomic E-state index is 0.247. The zero-order valence-corrected chi connectivity index (χ0v) is 10.5. The monoisotopic (exact) mass is 269 g/mol. The van der Waals surface area contributed by atoms with Crippen molar-refractivity contribution in [3.63, 3.8) is 0 Å². The highest BCUT2D eigenvalue weighted by Gasteiger charge is 2.33. The number of pyridine rings is 1. The highest BCUT2D eigenvalue weighted by atomic mass is 79.9. The Morgan fingerprint density at radius 3 is 3.07 bits per heavy atom. The first kappa shape index (κ1) is 10.9. The Morgan fingerprint density at radius 1 is 1.67 bits per heavy atom. The molecule has 3 nitrogen and oxygen atoms in total. The zero-order valence-electron chi connectivity index (χ0n) is 8.91. The van der Waals surface area contributed by atoms with E-state index in [1.165, 1.54) is 0 Å². The minimum absolute atomic E-state index is 0.247. The van der Waals surface area contributed by atoms with Crippen LogP contribution in [0.1, 0.15) is 13.3 Å². The summed E-state index contributed by atoms with van der Waals surface area (Å²) in [5, 5.41) is 0. The lowest BCUT2D eigenvalue weighted by Crippen LogP contribution is -2.31. The largest absolute Gasteiger partial charge is 0.355 e. The molecule has 2 heterocycles. The number of aromatic nitrogens is 1. The molecule has 15 heavy (non-hydrogen) atoms. The van der Waals surface area contributed by atoms with Crippen LogP contribution < -0.4 is 10.6 Å². The van der Waals surface area contributed by atoms with Crippen LogP contribution in [-0.4, -0.2) is 24.6 Å². The second-order valence-corrected chi connectivity index (χ2v) is 5.35. The van der Waals surface area contributed by atoms with Crippen molar-refractivity contribution in [1.29, 1.82) is 0 Å². The van der Waals surface area contributed by atoms with Gasteiger partial charge >= 0.3 is 0 Å². The molecule has 82 valence electrons. The molecular weight excluding hydrogens is 254 g/mol. The number of hydrogen-bond acceptors (Lipinski definition) is 3. The molecule has 1 aromatic heterocycles. The molecule has 0 saturated carbocycles. The van der Waals surface area contributed by atoms with E-state index in [-0.39, 0.29) is 5.41 Å². The number of nitrogens with two attached hydrogens (primary N) is 1. The fraction of sp³-hybridized carbons (Fsp3) is 0.545. The Morgan fingerprint density at radius 2 is 2.47 bits per heavy atom. The summed E-state index contributed by atoms with van der Waals surface area (Å²) in [5.41, 5.74) is 6.03. The molecule has 1 aromatic rings. The first-order chi connectivity index (χ1) is 7.14. The zero-order chi connectivity index (χ0) is 10.9. The first-order valence-corrected chi connectivity index (χ1v) is 5.99. The van der Waals surface area contributed by atoms with E-state index in [2.05, 4.69) is 32.7 Å². The lowest BCUT2D eigenvalue weighted by atomic mass is 9.90. The Bertz CT molecular complexity index is 355. The van der Waals surface area contributed by atoms with Gasteiger partial charge in [0.05, 0.1) is 4.47 Å². The van der Waals surface area contributed by atoms with Crippen molar-refractivity contribution in [3.05, 3.63) is 22.8 Å². The van der Waals surface area contributed by atoms with Crippen LogP contribution in [0.15, 0.2) is 22.8 Å². The number of halogens is 1. The van der Waals surface area contributed by atoms with Crippen LogP contribution >= 0.6 is 15.9 Å². The molecular formula is C11H16BrN3. The molecule has 1 fully saturated rings. The molecule has 2 N–H and O–H groups in total. The van der Waals surface area contributed by atoms with Crippen molar-refractivity contribution >= 4 is 21.7 Å². The van der Waals surface area contributed by atoms with Crippen LogP contribution in [0.3, 0.4) is 0 Å². The Kier molecular flexibility index (Phi) is 2.98. The summed E-state index contributed by atoms with van der Waals surface area (Å²) in [5.74, 6) is 1.04. The number of rotatable bonds is 2. The van der Waals surface area contributed by atoms with Crippen LogP contribution in [0.25, 0.3) is 0 Å². The molecule has 0 bridgehead atoms. The molecule has 0 aliphatic carbocycles. The summed E-state index contributed by atoms with van der Waals surface area (Å²) in [4.78, 5) is 6.70. The van der Waals surface area contributed by atoms with Crippen LogP contribution in [0, 0.1) is 5.41 Å². The van der Waals surface area contributed by atoms with Crippen molar-refractivity contribution in [2.24, 2.45) is 11.1 Å². The third-order valence-electron chi connectivity index (χ3n) is 3.09. The molecule has 4 heteroatoms. The highest BCUT2D eigenvalue weighted by Crippen LogP contribution is 2.34. The van der Waals surface area contributed by atoms with Gasteiger partial charge in [-0.25, -0.2) is 4.98 Å². The van der Waals surface area contributed by atoms with Gasteiger partial charge in [0.1, 0.15) is 5.82 Å². The second-order valence-electron chi connectivity index (χ2n) is 4.50. The van der Waals surface area contributed by atoms with Gasteiger partial charge in [-0.15, -0.1) is 0 Å². The van der Waals surface area contributed by atoms with E-state index in [0.717, 1.165) is 36.3 Å². The van der Waals surface area contributed by atoms with E-state index in [1.54, 1.807) is 0 Å². The maximum atomic E-state index is 5.79. The van der Waals surface area contributed by atoms with E-state index >= 15 is 0 Å². The van der Waals surface area contributed by atoms with Gasteiger partial charge in [0, 0.05) is 19.3 Å². The molecule has 1 aliphatic heterocycles. The van der Waals surface area contributed by atoms with Crippen LogP contribution in [0.4, 0.5) is 5.82 Å². The quantitative estimate of drug-likeness (QED) is 0.894. The minimum Gasteiger partial charge on any atom is -0.355 e. The average molecular weight is 270 g/mol. The Balaban J connectivity index is 2.18. The summed E-state index contributed by atoms with van der Waals surface area (Å²) in [6, 6.07) is 3.96. The fourth-order valence-corrected chi connectivity index (χ4v) is 2.49. The maximum absolute atomic E-state index is 5.79. The molecule has 1 aliphatic rings. The van der Waals surface area contributed by atoms with E-state index in [0.29, 0.717) is 0 Å². The van der Waals surface area contributed by atoms with Gasteiger partial charge in [-0.05, 0) is 46.4 Å². The predicted molar refractivity (Wildman–Crippen MR) is 65.9 cm³/mol. The highest BCUT2D eigenvalue weighted by molar-refractivity contribution is 9.10. The number of nitrogens with zero attached hydrogens (tertiary/aromatic N) is 2. The van der Waals surface area contributed by atoms with Crippen LogP contribution in [0.5, 0.6) is 0 Å². The van der Waals surface area contributed by atoms with Crippen LogP contribution in [-0.2, 0) is 0 Å². The van der Waals surface area contributed by atoms with Crippen LogP contribution in [0.2, 0.25) is 0 Å². The molecule has 0 radical (unpaired) electrons. The van der Waals surface area contributed by atoms with Crippen molar-refractivity contribution in [3.8, 4) is 0 Å². The Hall–Kier alpha value is -0.610. The molecule has 1 atom stereocenters. The van der Waals surface area contributed by atoms with Crippen molar-refractivity contribution in [2.45, 2.75) is 13.3 Å². The predicted octanol–water partition coefficient (Wildman–Crippen LogP) is 2.02. The van der Waals surface area contributed by atoms with E-state index in [1.807, 2.05) is 18.3 Å². The molecule has 0 aromatic carbocycles. The van der Waals surface area contributed by atoms with Crippen molar-refractivity contribution < 1.29 is 0 Å². The summed E-state index contributed by atoms with van der Waals surface area (Å²) >= 11 is 3.53. The number of hydrogen-bond donors (Lipinski definition) is 1. The second kappa shape index (κ2) is 4.10. The Labute approximate surface area is 98.8 Å². The normalized spacial score (nSPS) is 25.9. The lowest BCUT2D eigenvalue weighted by Gasteiger charge is -2.23. The van der Waals surface area contributed by atoms with Crippen molar-refractivity contribution in [2.75, 3.05) is 24.5 Å². The average Bonchev–Trinajstić information content (AvgIpc) is 2.63. The van der Waals surface area contributed by atoms with Gasteiger partial charge in [0.25, 0.3) is 0 Å². The van der Waals surface area contributed by atoms with Crippen molar-refractivity contribution in [1.82, 2.24) is 4.98 Å².